The van der Waals surface area contributed by atoms with Crippen LogP contribution in [0, 0.1) is 34.5 Å². The first kappa shape index (κ1) is 16.4. The average molecular weight is 322 g/mol. The smallest absolute Gasteiger partial charge is 0.138 e. The molecule has 5 heteroatoms. The maximum atomic E-state index is 12.1. The van der Waals surface area contributed by atoms with Gasteiger partial charge in [-0.1, -0.05) is 13.0 Å². The molecule has 1 aromatic carbocycles. The third kappa shape index (κ3) is 2.97. The fourth-order valence-corrected chi connectivity index (χ4v) is 3.30. The van der Waals surface area contributed by atoms with E-state index in [0.29, 0.717) is 17.5 Å². The second-order valence-corrected chi connectivity index (χ2v) is 6.69. The van der Waals surface area contributed by atoms with Gasteiger partial charge in [0.05, 0.1) is 23.3 Å². The van der Waals surface area contributed by atoms with Gasteiger partial charge in [-0.05, 0) is 43.2 Å². The van der Waals surface area contributed by atoms with Crippen LogP contribution in [0.2, 0.25) is 0 Å². The molecule has 1 saturated carbocycles. The van der Waals surface area contributed by atoms with E-state index in [-0.39, 0.29) is 23.7 Å². The summed E-state index contributed by atoms with van der Waals surface area (Å²) >= 11 is 0. The van der Waals surface area contributed by atoms with E-state index < -0.39 is 5.60 Å². The molecule has 1 heterocycles. The molecule has 2 fully saturated rings. The highest BCUT2D eigenvalue weighted by Gasteiger charge is 2.48. The van der Waals surface area contributed by atoms with Crippen molar-refractivity contribution >= 4 is 11.9 Å². The van der Waals surface area contributed by atoms with Gasteiger partial charge < -0.3 is 0 Å². The van der Waals surface area contributed by atoms with Crippen molar-refractivity contribution in [2.75, 3.05) is 0 Å². The van der Waals surface area contributed by atoms with Gasteiger partial charge in [0.15, 0.2) is 0 Å². The first-order valence-electron chi connectivity index (χ1n) is 7.97. The molecule has 0 N–H and O–H groups in total. The number of nitrogens with zero attached hydrogens (tertiary/aromatic N) is 2. The summed E-state index contributed by atoms with van der Waals surface area (Å²) in [6, 6.07) is 9.06. The van der Waals surface area contributed by atoms with Crippen molar-refractivity contribution in [2.24, 2.45) is 11.8 Å². The van der Waals surface area contributed by atoms with E-state index in [0.717, 1.165) is 12.0 Å². The zero-order chi connectivity index (χ0) is 17.3. The fourth-order valence-electron chi connectivity index (χ4n) is 3.30. The molecule has 0 spiro atoms. The quantitative estimate of drug-likeness (QED) is 0.781. The molecular formula is C19H18N2O3. The minimum absolute atomic E-state index is 0.0609. The van der Waals surface area contributed by atoms with Crippen LogP contribution in [0.1, 0.15) is 43.4 Å². The number of carbonyl (C=O) groups excluding carboxylic acids is 1. The van der Waals surface area contributed by atoms with E-state index in [4.69, 9.17) is 20.3 Å². The summed E-state index contributed by atoms with van der Waals surface area (Å²) in [5, 5.41) is 18.1. The molecule has 1 saturated heterocycles. The van der Waals surface area contributed by atoms with Gasteiger partial charge in [-0.15, -0.1) is 0 Å². The van der Waals surface area contributed by atoms with Crippen LogP contribution in [-0.2, 0) is 14.6 Å². The highest BCUT2D eigenvalue weighted by molar-refractivity contribution is 5.82. The molecule has 0 radical (unpaired) electrons. The summed E-state index contributed by atoms with van der Waals surface area (Å²) in [7, 11) is 0. The van der Waals surface area contributed by atoms with Gasteiger partial charge in [0.2, 0.25) is 0 Å². The van der Waals surface area contributed by atoms with Crippen LogP contribution in [0.5, 0.6) is 0 Å². The minimum Gasteiger partial charge on any atom is -0.299 e. The van der Waals surface area contributed by atoms with Gasteiger partial charge in [-0.2, -0.15) is 10.5 Å². The maximum Gasteiger partial charge on any atom is 0.138 e. The first-order chi connectivity index (χ1) is 11.4. The Balaban J connectivity index is 1.85. The largest absolute Gasteiger partial charge is 0.299 e. The summed E-state index contributed by atoms with van der Waals surface area (Å²) in [5.74, 6) is 0.142. The Morgan fingerprint density at radius 3 is 2.54 bits per heavy atom. The van der Waals surface area contributed by atoms with E-state index in [1.54, 1.807) is 18.2 Å². The zero-order valence-electron chi connectivity index (χ0n) is 13.7. The molecule has 1 aliphatic carbocycles. The fraction of sp³-hybridized carbons (Fsp3) is 0.421. The zero-order valence-corrected chi connectivity index (χ0v) is 13.7. The van der Waals surface area contributed by atoms with Crippen molar-refractivity contribution in [3.63, 3.8) is 0 Å². The molecule has 4 atom stereocenters. The Labute approximate surface area is 141 Å². The Hall–Kier alpha value is -2.47. The SMILES string of the molecule is C[C@H]1C(=O)C[C@@H]2C[C@H]1OO[C@]2(C)/C=C\c1cc(C#N)cc(C#N)c1. The van der Waals surface area contributed by atoms with E-state index in [1.807, 2.05) is 38.1 Å². The third-order valence-electron chi connectivity index (χ3n) is 5.01. The standard InChI is InChI=1S/C19H18N2O3/c1-12-17(22)8-16-9-18(12)23-24-19(16,2)4-3-13-5-14(10-20)7-15(6-13)11-21/h3-7,12,16,18H,8-9H2,1-2H3/b4-3-/t12-,16+,18+,19+/m0/s1. The van der Waals surface area contributed by atoms with Crippen molar-refractivity contribution in [3.05, 3.63) is 41.0 Å². The van der Waals surface area contributed by atoms with Gasteiger partial charge in [-0.25, -0.2) is 9.78 Å². The molecule has 5 nitrogen and oxygen atoms in total. The van der Waals surface area contributed by atoms with Crippen LogP contribution in [-0.4, -0.2) is 17.5 Å². The number of fused-ring (bicyclic) bond motifs is 2. The molecule has 122 valence electrons. The normalized spacial score (nSPS) is 32.3. The van der Waals surface area contributed by atoms with Crippen LogP contribution in [0.3, 0.4) is 0 Å². The number of nitriles is 2. The Bertz CT molecular complexity index is 755. The average Bonchev–Trinajstić information content (AvgIpc) is 2.60. The van der Waals surface area contributed by atoms with E-state index >= 15 is 0 Å². The second-order valence-electron chi connectivity index (χ2n) is 6.69. The second kappa shape index (κ2) is 6.20. The van der Waals surface area contributed by atoms with E-state index in [9.17, 15) is 4.79 Å². The van der Waals surface area contributed by atoms with Crippen molar-refractivity contribution in [1.82, 2.24) is 0 Å². The molecule has 1 aromatic rings. The summed E-state index contributed by atoms with van der Waals surface area (Å²) in [4.78, 5) is 23.2. The summed E-state index contributed by atoms with van der Waals surface area (Å²) in [6.45, 7) is 3.77. The molecule has 24 heavy (non-hydrogen) atoms. The lowest BCUT2D eigenvalue weighted by molar-refractivity contribution is -0.415. The maximum absolute atomic E-state index is 12.1. The lowest BCUT2D eigenvalue weighted by Gasteiger charge is -2.45. The van der Waals surface area contributed by atoms with Gasteiger partial charge in [0, 0.05) is 18.3 Å². The number of hydrogen-bond acceptors (Lipinski definition) is 5. The van der Waals surface area contributed by atoms with Gasteiger partial charge >= 0.3 is 0 Å². The lowest BCUT2D eigenvalue weighted by atomic mass is 9.71. The van der Waals surface area contributed by atoms with Crippen LogP contribution in [0.15, 0.2) is 24.3 Å². The Kier molecular flexibility index (Phi) is 4.24. The molecule has 3 rings (SSSR count). The predicted octanol–water partition coefficient (Wildman–Crippen LogP) is 3.15. The lowest BCUT2D eigenvalue weighted by Crippen LogP contribution is -2.51. The van der Waals surface area contributed by atoms with Crippen LogP contribution in [0.25, 0.3) is 6.08 Å². The van der Waals surface area contributed by atoms with E-state index in [2.05, 4.69) is 0 Å². The van der Waals surface area contributed by atoms with Crippen LogP contribution in [0.4, 0.5) is 0 Å². The number of carbonyl (C=O) groups is 1. The van der Waals surface area contributed by atoms with Gasteiger partial charge in [0.25, 0.3) is 0 Å². The number of hydrogen-bond donors (Lipinski definition) is 0. The van der Waals surface area contributed by atoms with Gasteiger partial charge in [0.1, 0.15) is 17.5 Å². The molecule has 1 aliphatic heterocycles. The Morgan fingerprint density at radius 1 is 1.25 bits per heavy atom. The molecule has 0 aromatic heterocycles. The van der Waals surface area contributed by atoms with Crippen LogP contribution >= 0.6 is 0 Å². The van der Waals surface area contributed by atoms with Crippen molar-refractivity contribution in [1.29, 1.82) is 10.5 Å². The third-order valence-corrected chi connectivity index (χ3v) is 5.01. The summed E-state index contributed by atoms with van der Waals surface area (Å²) < 4.78 is 0. The minimum atomic E-state index is -0.707. The number of ketones is 1. The number of Topliss-reactive ketones (excluding diaryl/α,β-unsaturated/α-hetero) is 1. The van der Waals surface area contributed by atoms with Gasteiger partial charge in [-0.3, -0.25) is 4.79 Å². The number of rotatable bonds is 2. The van der Waals surface area contributed by atoms with E-state index in [1.165, 1.54) is 0 Å². The highest BCUT2D eigenvalue weighted by Crippen LogP contribution is 2.43. The van der Waals surface area contributed by atoms with Crippen molar-refractivity contribution in [2.45, 2.75) is 38.4 Å². The molecule has 0 amide bonds. The number of benzene rings is 1. The monoisotopic (exact) mass is 322 g/mol. The molecule has 2 aliphatic rings. The summed E-state index contributed by atoms with van der Waals surface area (Å²) in [5.41, 5.74) is 0.901. The highest BCUT2D eigenvalue weighted by atomic mass is 17.2. The first-order valence-corrected chi connectivity index (χ1v) is 7.97. The summed E-state index contributed by atoms with van der Waals surface area (Å²) in [6.07, 6.45) is 4.76. The van der Waals surface area contributed by atoms with Crippen LogP contribution < -0.4 is 0 Å². The van der Waals surface area contributed by atoms with Crippen molar-refractivity contribution < 1.29 is 14.6 Å². The Morgan fingerprint density at radius 2 is 1.92 bits per heavy atom. The topological polar surface area (TPSA) is 83.1 Å². The van der Waals surface area contributed by atoms with Crippen molar-refractivity contribution in [3.8, 4) is 12.1 Å². The molecular weight excluding hydrogens is 304 g/mol. The predicted molar refractivity (Wildman–Crippen MR) is 86.2 cm³/mol. The molecule has 2 bridgehead atoms. The molecule has 0 unspecified atom stereocenters.